The summed E-state index contributed by atoms with van der Waals surface area (Å²) in [5, 5.41) is 10.8. The lowest BCUT2D eigenvalue weighted by molar-refractivity contribution is -0.126. The van der Waals surface area contributed by atoms with Crippen molar-refractivity contribution in [1.29, 1.82) is 0 Å². The van der Waals surface area contributed by atoms with Crippen LogP contribution < -0.4 is 16.0 Å². The molecule has 3 unspecified atom stereocenters. The fourth-order valence-electron chi connectivity index (χ4n) is 3.83. The number of hydrogen-bond donors (Lipinski definition) is 3. The van der Waals surface area contributed by atoms with Gasteiger partial charge in [0.25, 0.3) is 0 Å². The van der Waals surface area contributed by atoms with Gasteiger partial charge in [-0.05, 0) is 64.9 Å². The number of likely N-dealkylation sites (N-methyl/N-ethyl adjacent to an activating group) is 1. The van der Waals surface area contributed by atoms with Crippen LogP contribution in [0.1, 0.15) is 51.1 Å². The largest absolute Gasteiger partial charge is 0.354 e. The monoisotopic (exact) mass is 549 g/mol. The third kappa shape index (κ3) is 8.59. The van der Waals surface area contributed by atoms with Gasteiger partial charge in [0.15, 0.2) is 5.96 Å². The summed E-state index contributed by atoms with van der Waals surface area (Å²) in [6, 6.07) is 8.60. The van der Waals surface area contributed by atoms with E-state index in [1.165, 1.54) is 5.56 Å². The molecular formula is C22H37ClIN5O. The van der Waals surface area contributed by atoms with Crippen LogP contribution in [0.25, 0.3) is 0 Å². The molecule has 8 heteroatoms. The summed E-state index contributed by atoms with van der Waals surface area (Å²) in [6.45, 7) is 4.73. The molecule has 0 bridgehead atoms. The van der Waals surface area contributed by atoms with E-state index in [1.807, 2.05) is 26.0 Å². The summed E-state index contributed by atoms with van der Waals surface area (Å²) in [5.41, 5.74) is 1.20. The highest BCUT2D eigenvalue weighted by molar-refractivity contribution is 14.0. The van der Waals surface area contributed by atoms with Gasteiger partial charge in [0, 0.05) is 36.6 Å². The van der Waals surface area contributed by atoms with Gasteiger partial charge in [-0.1, -0.05) is 30.2 Å². The molecule has 0 radical (unpaired) electrons. The highest BCUT2D eigenvalue weighted by Crippen LogP contribution is 2.25. The van der Waals surface area contributed by atoms with Gasteiger partial charge >= 0.3 is 0 Å². The molecule has 2 rings (SSSR count). The third-order valence-corrected chi connectivity index (χ3v) is 5.63. The molecule has 1 aromatic carbocycles. The van der Waals surface area contributed by atoms with Crippen molar-refractivity contribution < 1.29 is 4.79 Å². The molecule has 0 spiro atoms. The van der Waals surface area contributed by atoms with Crippen LogP contribution in [0.5, 0.6) is 0 Å². The number of rotatable bonds is 7. The number of halogens is 2. The maximum Gasteiger partial charge on any atom is 0.223 e. The zero-order valence-electron chi connectivity index (χ0n) is 18.7. The lowest BCUT2D eigenvalue weighted by atomic mass is 9.85. The lowest BCUT2D eigenvalue weighted by Gasteiger charge is -2.31. The molecule has 170 valence electrons. The van der Waals surface area contributed by atoms with Crippen LogP contribution in [0.3, 0.4) is 0 Å². The van der Waals surface area contributed by atoms with Gasteiger partial charge in [-0.25, -0.2) is 0 Å². The molecule has 1 aliphatic rings. The Kier molecular flexibility index (Phi) is 12.0. The molecule has 1 fully saturated rings. The molecule has 3 N–H and O–H groups in total. The van der Waals surface area contributed by atoms with Gasteiger partial charge in [0.1, 0.15) is 0 Å². The molecular weight excluding hydrogens is 513 g/mol. The standard InChI is InChI=1S/C22H36ClN5O.HI/c1-15(2)26-21(29)17-7-6-8-19(13-17)27-22(24-3)25-14-20(28(4)5)16-9-11-18(23)12-10-16;/h9-12,15,17,19-20H,6-8,13-14H2,1-5H3,(H,26,29)(H2,24,25,27);1H. The number of aliphatic imine (C=N–C) groups is 1. The first-order chi connectivity index (χ1) is 13.8. The topological polar surface area (TPSA) is 68.8 Å². The highest BCUT2D eigenvalue weighted by atomic mass is 127. The van der Waals surface area contributed by atoms with Crippen molar-refractivity contribution in [3.63, 3.8) is 0 Å². The average Bonchev–Trinajstić information content (AvgIpc) is 2.68. The van der Waals surface area contributed by atoms with E-state index in [4.69, 9.17) is 11.6 Å². The van der Waals surface area contributed by atoms with E-state index in [0.29, 0.717) is 0 Å². The summed E-state index contributed by atoms with van der Waals surface area (Å²) in [4.78, 5) is 19.0. The molecule has 0 aromatic heterocycles. The van der Waals surface area contributed by atoms with Crippen LogP contribution in [-0.2, 0) is 4.79 Å². The minimum absolute atomic E-state index is 0. The number of carbonyl (C=O) groups excluding carboxylic acids is 1. The molecule has 1 aliphatic carbocycles. The maximum absolute atomic E-state index is 12.4. The first-order valence-electron chi connectivity index (χ1n) is 10.5. The number of benzene rings is 1. The van der Waals surface area contributed by atoms with Crippen LogP contribution in [0.4, 0.5) is 0 Å². The van der Waals surface area contributed by atoms with Crippen molar-refractivity contribution in [1.82, 2.24) is 20.9 Å². The minimum Gasteiger partial charge on any atom is -0.354 e. The van der Waals surface area contributed by atoms with Crippen molar-refractivity contribution in [3.8, 4) is 0 Å². The molecule has 0 heterocycles. The minimum atomic E-state index is 0. The first kappa shape index (κ1) is 27.0. The summed E-state index contributed by atoms with van der Waals surface area (Å²) in [5.74, 6) is 1.02. The van der Waals surface area contributed by atoms with E-state index in [2.05, 4.69) is 52.1 Å². The van der Waals surface area contributed by atoms with E-state index in [1.54, 1.807) is 7.05 Å². The van der Waals surface area contributed by atoms with Gasteiger partial charge in [-0.3, -0.25) is 9.79 Å². The maximum atomic E-state index is 12.4. The van der Waals surface area contributed by atoms with E-state index in [9.17, 15) is 4.79 Å². The van der Waals surface area contributed by atoms with Crippen LogP contribution in [0.2, 0.25) is 5.02 Å². The quantitative estimate of drug-likeness (QED) is 0.275. The van der Waals surface area contributed by atoms with Crippen LogP contribution in [0.15, 0.2) is 29.3 Å². The Bertz CT molecular complexity index is 681. The van der Waals surface area contributed by atoms with E-state index < -0.39 is 0 Å². The average molecular weight is 550 g/mol. The predicted octanol–water partition coefficient (Wildman–Crippen LogP) is 3.81. The van der Waals surface area contributed by atoms with Gasteiger partial charge < -0.3 is 20.9 Å². The Morgan fingerprint density at radius 1 is 1.23 bits per heavy atom. The SMILES string of the molecule is CN=C(NCC(c1ccc(Cl)cc1)N(C)C)NC1CCCC(C(=O)NC(C)C)C1.I. The summed E-state index contributed by atoms with van der Waals surface area (Å²) < 4.78 is 0. The molecule has 30 heavy (non-hydrogen) atoms. The second kappa shape index (κ2) is 13.4. The summed E-state index contributed by atoms with van der Waals surface area (Å²) >= 11 is 6.03. The van der Waals surface area contributed by atoms with Gasteiger partial charge in [0.2, 0.25) is 5.91 Å². The number of carbonyl (C=O) groups is 1. The second-order valence-corrected chi connectivity index (χ2v) is 8.79. The Morgan fingerprint density at radius 3 is 2.47 bits per heavy atom. The Balaban J connectivity index is 0.00000450. The van der Waals surface area contributed by atoms with E-state index in [-0.39, 0.29) is 53.9 Å². The van der Waals surface area contributed by atoms with Crippen molar-refractivity contribution in [2.24, 2.45) is 10.9 Å². The van der Waals surface area contributed by atoms with Crippen molar-refractivity contribution >= 4 is 47.4 Å². The molecule has 0 aliphatic heterocycles. The Hall–Kier alpha value is -1.06. The van der Waals surface area contributed by atoms with Crippen LogP contribution in [0, 0.1) is 5.92 Å². The highest BCUT2D eigenvalue weighted by Gasteiger charge is 2.28. The summed E-state index contributed by atoms with van der Waals surface area (Å²) in [6.07, 6.45) is 3.91. The fourth-order valence-corrected chi connectivity index (χ4v) is 3.95. The summed E-state index contributed by atoms with van der Waals surface area (Å²) in [7, 11) is 5.92. The number of nitrogens with zero attached hydrogens (tertiary/aromatic N) is 2. The zero-order chi connectivity index (χ0) is 21.4. The van der Waals surface area contributed by atoms with E-state index >= 15 is 0 Å². The second-order valence-electron chi connectivity index (χ2n) is 8.35. The van der Waals surface area contributed by atoms with E-state index in [0.717, 1.165) is 43.2 Å². The number of guanidine groups is 1. The molecule has 3 atom stereocenters. The zero-order valence-corrected chi connectivity index (χ0v) is 21.8. The number of hydrogen-bond acceptors (Lipinski definition) is 3. The predicted molar refractivity (Wildman–Crippen MR) is 137 cm³/mol. The van der Waals surface area contributed by atoms with Gasteiger partial charge in [-0.2, -0.15) is 0 Å². The first-order valence-corrected chi connectivity index (χ1v) is 10.9. The molecule has 1 aromatic rings. The lowest BCUT2D eigenvalue weighted by Crippen LogP contribution is -2.48. The van der Waals surface area contributed by atoms with Crippen molar-refractivity contribution in [2.45, 2.75) is 57.7 Å². The van der Waals surface area contributed by atoms with Crippen molar-refractivity contribution in [3.05, 3.63) is 34.9 Å². The molecule has 1 amide bonds. The molecule has 1 saturated carbocycles. The third-order valence-electron chi connectivity index (χ3n) is 5.38. The normalized spacial score (nSPS) is 20.5. The Morgan fingerprint density at radius 2 is 1.90 bits per heavy atom. The number of nitrogens with one attached hydrogen (secondary N) is 3. The molecule has 6 nitrogen and oxygen atoms in total. The van der Waals surface area contributed by atoms with Crippen LogP contribution in [-0.4, -0.2) is 56.5 Å². The van der Waals surface area contributed by atoms with Crippen LogP contribution >= 0.6 is 35.6 Å². The van der Waals surface area contributed by atoms with Gasteiger partial charge in [-0.15, -0.1) is 24.0 Å². The number of amides is 1. The van der Waals surface area contributed by atoms with Crippen molar-refractivity contribution in [2.75, 3.05) is 27.7 Å². The molecule has 0 saturated heterocycles. The fraction of sp³-hybridized carbons (Fsp3) is 0.636. The Labute approximate surface area is 203 Å². The van der Waals surface area contributed by atoms with Gasteiger partial charge in [0.05, 0.1) is 6.04 Å². The smallest absolute Gasteiger partial charge is 0.223 e.